The van der Waals surface area contributed by atoms with E-state index in [1.807, 2.05) is 30.3 Å². The molecule has 2 N–H and O–H groups in total. The molecule has 0 aliphatic heterocycles. The zero-order chi connectivity index (χ0) is 15.4. The van der Waals surface area contributed by atoms with E-state index in [4.69, 9.17) is 0 Å². The topological polar surface area (TPSA) is 110 Å². The van der Waals surface area contributed by atoms with E-state index in [2.05, 4.69) is 25.5 Å². The summed E-state index contributed by atoms with van der Waals surface area (Å²) in [4.78, 5) is 18.8. The molecule has 3 aromatic rings. The lowest BCUT2D eigenvalue weighted by Gasteiger charge is -2.17. The highest BCUT2D eigenvalue weighted by Gasteiger charge is 2.22. The molecule has 1 atom stereocenters. The van der Waals surface area contributed by atoms with Crippen molar-refractivity contribution in [3.63, 3.8) is 0 Å². The third-order valence-electron chi connectivity index (χ3n) is 3.10. The maximum absolute atomic E-state index is 11.1. The van der Waals surface area contributed by atoms with Crippen molar-refractivity contribution in [3.05, 3.63) is 76.5 Å². The molecule has 0 saturated heterocycles. The highest BCUT2D eigenvalue weighted by atomic mass is 16.6. The van der Waals surface area contributed by atoms with Crippen LogP contribution in [0.15, 0.2) is 55.0 Å². The monoisotopic (exact) mass is 296 g/mol. The van der Waals surface area contributed by atoms with E-state index in [1.54, 1.807) is 0 Å². The molecule has 0 unspecified atom stereocenters. The molecule has 0 bridgehead atoms. The average Bonchev–Trinajstić information content (AvgIpc) is 3.08. The van der Waals surface area contributed by atoms with E-state index < -0.39 is 11.0 Å². The fourth-order valence-electron chi connectivity index (χ4n) is 2.10. The van der Waals surface area contributed by atoms with Gasteiger partial charge in [0, 0.05) is 12.3 Å². The van der Waals surface area contributed by atoms with Crippen LogP contribution in [0.3, 0.4) is 0 Å². The van der Waals surface area contributed by atoms with Gasteiger partial charge in [-0.15, -0.1) is 0 Å². The minimum atomic E-state index is -0.474. The van der Waals surface area contributed by atoms with Crippen LogP contribution in [0.2, 0.25) is 0 Å². The average molecular weight is 296 g/mol. The van der Waals surface area contributed by atoms with Gasteiger partial charge in [0.05, 0.1) is 4.92 Å². The number of aromatic amines is 1. The van der Waals surface area contributed by atoms with Gasteiger partial charge in [0.2, 0.25) is 5.82 Å². The van der Waals surface area contributed by atoms with Crippen LogP contribution in [0.5, 0.6) is 0 Å². The summed E-state index contributed by atoms with van der Waals surface area (Å²) in [6, 6.07) is 12.0. The van der Waals surface area contributed by atoms with Gasteiger partial charge in [0.25, 0.3) is 0 Å². The summed E-state index contributed by atoms with van der Waals surface area (Å²) >= 11 is 0. The minimum Gasteiger partial charge on any atom is -0.350 e. The van der Waals surface area contributed by atoms with Crippen molar-refractivity contribution in [1.82, 2.24) is 20.2 Å². The Bertz CT molecular complexity index is 760. The minimum absolute atomic E-state index is 0.0945. The predicted molar refractivity (Wildman–Crippen MR) is 79.2 cm³/mol. The number of nitrogens with one attached hydrogen (secondary N) is 2. The highest BCUT2D eigenvalue weighted by molar-refractivity contribution is 5.57. The third-order valence-corrected chi connectivity index (χ3v) is 3.10. The molecule has 2 aromatic heterocycles. The molecular weight excluding hydrogens is 284 g/mol. The fraction of sp³-hybridized carbons (Fsp3) is 0.0714. The van der Waals surface area contributed by atoms with Gasteiger partial charge in [-0.2, -0.15) is 5.10 Å². The van der Waals surface area contributed by atoms with Crippen molar-refractivity contribution in [3.8, 4) is 0 Å². The molecule has 110 valence electrons. The second kappa shape index (κ2) is 6.00. The summed E-state index contributed by atoms with van der Waals surface area (Å²) < 4.78 is 0. The molecule has 3 rings (SSSR count). The second-order valence-corrected chi connectivity index (χ2v) is 4.49. The number of pyridine rings is 1. The number of anilines is 1. The summed E-state index contributed by atoms with van der Waals surface area (Å²) in [5.41, 5.74) is 0.794. The van der Waals surface area contributed by atoms with Crippen molar-refractivity contribution in [2.75, 3.05) is 5.32 Å². The van der Waals surface area contributed by atoms with Crippen LogP contribution in [-0.2, 0) is 0 Å². The number of nitro groups is 1. The van der Waals surface area contributed by atoms with Crippen LogP contribution >= 0.6 is 0 Å². The lowest BCUT2D eigenvalue weighted by Crippen LogP contribution is -2.15. The van der Waals surface area contributed by atoms with Gasteiger partial charge < -0.3 is 5.32 Å². The first kappa shape index (κ1) is 13.7. The molecule has 1 aromatic carbocycles. The first-order valence-corrected chi connectivity index (χ1v) is 6.52. The van der Waals surface area contributed by atoms with Crippen LogP contribution in [0, 0.1) is 10.1 Å². The Kier molecular flexibility index (Phi) is 3.73. The van der Waals surface area contributed by atoms with Gasteiger partial charge in [-0.1, -0.05) is 30.3 Å². The first-order valence-electron chi connectivity index (χ1n) is 6.52. The fourth-order valence-corrected chi connectivity index (χ4v) is 2.10. The number of benzene rings is 1. The normalized spacial score (nSPS) is 11.8. The molecule has 0 saturated carbocycles. The molecule has 2 heterocycles. The Labute approximate surface area is 125 Å². The Balaban J connectivity index is 2.00. The maximum atomic E-state index is 11.1. The molecule has 0 fully saturated rings. The smallest absolute Gasteiger partial charge is 0.311 e. The number of hydrogen-bond acceptors (Lipinski definition) is 6. The number of H-pyrrole nitrogens is 1. The zero-order valence-electron chi connectivity index (χ0n) is 11.4. The van der Waals surface area contributed by atoms with Crippen LogP contribution in [0.4, 0.5) is 11.5 Å². The van der Waals surface area contributed by atoms with E-state index in [1.165, 1.54) is 24.7 Å². The third kappa shape index (κ3) is 2.75. The zero-order valence-corrected chi connectivity index (χ0v) is 11.4. The van der Waals surface area contributed by atoms with Gasteiger partial charge >= 0.3 is 5.69 Å². The Morgan fingerprint density at radius 2 is 1.95 bits per heavy atom. The summed E-state index contributed by atoms with van der Waals surface area (Å²) in [6.07, 6.45) is 2.89. The van der Waals surface area contributed by atoms with E-state index >= 15 is 0 Å². The summed E-state index contributed by atoms with van der Waals surface area (Å²) in [7, 11) is 0. The van der Waals surface area contributed by atoms with Gasteiger partial charge in [-0.05, 0) is 11.6 Å². The molecular formula is C14H12N6O2. The molecule has 0 radical (unpaired) electrons. The lowest BCUT2D eigenvalue weighted by atomic mass is 10.1. The molecule has 0 aliphatic carbocycles. The summed E-state index contributed by atoms with van der Waals surface area (Å²) in [6.45, 7) is 0. The number of rotatable bonds is 5. The molecule has 0 spiro atoms. The molecule has 8 heteroatoms. The number of nitrogens with zero attached hydrogens (tertiary/aromatic N) is 4. The Morgan fingerprint density at radius 1 is 1.14 bits per heavy atom. The first-order chi connectivity index (χ1) is 10.8. The number of hydrogen-bond donors (Lipinski definition) is 2. The molecule has 8 nitrogen and oxygen atoms in total. The van der Waals surface area contributed by atoms with Crippen LogP contribution in [0.1, 0.15) is 17.4 Å². The molecule has 0 aliphatic rings. The van der Waals surface area contributed by atoms with E-state index in [-0.39, 0.29) is 11.5 Å². The van der Waals surface area contributed by atoms with Crippen molar-refractivity contribution < 1.29 is 4.92 Å². The van der Waals surface area contributed by atoms with E-state index in [0.29, 0.717) is 5.82 Å². The van der Waals surface area contributed by atoms with Gasteiger partial charge in [0.1, 0.15) is 12.4 Å². The lowest BCUT2D eigenvalue weighted by molar-refractivity contribution is -0.384. The Morgan fingerprint density at radius 3 is 2.64 bits per heavy atom. The summed E-state index contributed by atoms with van der Waals surface area (Å²) in [5.74, 6) is 0.726. The van der Waals surface area contributed by atoms with Crippen LogP contribution in [-0.4, -0.2) is 25.1 Å². The molecule has 0 amide bonds. The maximum Gasteiger partial charge on any atom is 0.311 e. The highest BCUT2D eigenvalue weighted by Crippen LogP contribution is 2.28. The standard InChI is InChI=1S/C14H12N6O2/c21-20(22)11-7-4-8-15-13(11)18-12(14-16-9-17-19-14)10-5-2-1-3-6-10/h1-9,12H,(H,15,18)(H,16,17,19)/t12-/m0/s1. The second-order valence-electron chi connectivity index (χ2n) is 4.49. The largest absolute Gasteiger partial charge is 0.350 e. The van der Waals surface area contributed by atoms with Gasteiger partial charge in [-0.25, -0.2) is 9.97 Å². The Hall–Kier alpha value is -3.29. The summed E-state index contributed by atoms with van der Waals surface area (Å²) in [5, 5.41) is 20.8. The number of aromatic nitrogens is 4. The predicted octanol–water partition coefficient (Wildman–Crippen LogP) is 2.31. The van der Waals surface area contributed by atoms with Crippen LogP contribution in [0.25, 0.3) is 0 Å². The van der Waals surface area contributed by atoms with Crippen molar-refractivity contribution in [1.29, 1.82) is 0 Å². The van der Waals surface area contributed by atoms with E-state index in [9.17, 15) is 10.1 Å². The SMILES string of the molecule is O=[N+]([O-])c1cccnc1N[C@@H](c1ccccc1)c1ncn[nH]1. The quantitative estimate of drug-likeness (QED) is 0.552. The van der Waals surface area contributed by atoms with Crippen molar-refractivity contribution in [2.45, 2.75) is 6.04 Å². The van der Waals surface area contributed by atoms with E-state index in [0.717, 1.165) is 5.56 Å². The van der Waals surface area contributed by atoms with Crippen molar-refractivity contribution >= 4 is 11.5 Å². The molecule has 22 heavy (non-hydrogen) atoms. The van der Waals surface area contributed by atoms with Crippen LogP contribution < -0.4 is 5.32 Å². The van der Waals surface area contributed by atoms with Gasteiger partial charge in [-0.3, -0.25) is 15.2 Å². The van der Waals surface area contributed by atoms with Gasteiger partial charge in [0.15, 0.2) is 5.82 Å². The van der Waals surface area contributed by atoms with Crippen molar-refractivity contribution in [2.24, 2.45) is 0 Å².